The molecule has 0 saturated heterocycles. The maximum Gasteiger partial charge on any atom is 0.157 e. The molecule has 0 fully saturated rings. The maximum atomic E-state index is 4.21. The smallest absolute Gasteiger partial charge is 0.157 e. The molecule has 1 aromatic heterocycles. The van der Waals surface area contributed by atoms with Gasteiger partial charge in [-0.25, -0.2) is 9.97 Å². The van der Waals surface area contributed by atoms with Crippen molar-refractivity contribution < 1.29 is 0 Å². The van der Waals surface area contributed by atoms with Crippen molar-refractivity contribution in [3.8, 4) is 0 Å². The molecule has 0 aliphatic rings. The van der Waals surface area contributed by atoms with E-state index in [-0.39, 0.29) is 0 Å². The summed E-state index contributed by atoms with van der Waals surface area (Å²) in [6, 6.07) is 9.94. The Morgan fingerprint density at radius 1 is 1.19 bits per heavy atom. The van der Waals surface area contributed by atoms with Gasteiger partial charge in [0.25, 0.3) is 0 Å². The molecule has 0 unspecified atom stereocenters. The Labute approximate surface area is 94.8 Å². The molecule has 0 aliphatic carbocycles. The molecule has 2 rings (SSSR count). The van der Waals surface area contributed by atoms with Crippen LogP contribution in [0.25, 0.3) is 0 Å². The molecule has 2 aromatic rings. The summed E-state index contributed by atoms with van der Waals surface area (Å²) in [5.74, 6) is 0.794. The van der Waals surface area contributed by atoms with Gasteiger partial charge in [-0.15, -0.1) is 0 Å². The van der Waals surface area contributed by atoms with E-state index in [1.807, 2.05) is 37.3 Å². The van der Waals surface area contributed by atoms with Crippen LogP contribution in [0.4, 0.5) is 17.2 Å². The predicted octanol–water partition coefficient (Wildman–Crippen LogP) is 2.65. The van der Waals surface area contributed by atoms with Gasteiger partial charge in [0, 0.05) is 12.2 Å². The number of rotatable bonds is 4. The number of hydrogen-bond acceptors (Lipinski definition) is 4. The number of benzene rings is 1. The van der Waals surface area contributed by atoms with Gasteiger partial charge in [-0.2, -0.15) is 0 Å². The van der Waals surface area contributed by atoms with Crippen LogP contribution in [0, 0.1) is 0 Å². The summed E-state index contributed by atoms with van der Waals surface area (Å²) < 4.78 is 0. The van der Waals surface area contributed by atoms with E-state index in [1.54, 1.807) is 6.20 Å². The Morgan fingerprint density at radius 3 is 2.75 bits per heavy atom. The van der Waals surface area contributed by atoms with Crippen molar-refractivity contribution >= 4 is 17.2 Å². The van der Waals surface area contributed by atoms with Crippen LogP contribution >= 0.6 is 0 Å². The molecule has 0 atom stereocenters. The minimum atomic E-state index is 0.794. The van der Waals surface area contributed by atoms with Gasteiger partial charge in [0.1, 0.15) is 6.33 Å². The third-order valence-corrected chi connectivity index (χ3v) is 2.12. The lowest BCUT2D eigenvalue weighted by atomic mass is 10.3. The molecule has 16 heavy (non-hydrogen) atoms. The lowest BCUT2D eigenvalue weighted by molar-refractivity contribution is 1.13. The summed E-state index contributed by atoms with van der Waals surface area (Å²) in [6.07, 6.45) is 3.30. The zero-order chi connectivity index (χ0) is 11.2. The molecule has 0 saturated carbocycles. The van der Waals surface area contributed by atoms with Gasteiger partial charge < -0.3 is 10.6 Å². The molecule has 0 amide bonds. The van der Waals surface area contributed by atoms with Crippen LogP contribution in [-0.2, 0) is 0 Å². The topological polar surface area (TPSA) is 49.8 Å². The molecule has 0 spiro atoms. The van der Waals surface area contributed by atoms with E-state index in [0.717, 1.165) is 23.7 Å². The third-order valence-electron chi connectivity index (χ3n) is 2.12. The fourth-order valence-corrected chi connectivity index (χ4v) is 1.41. The summed E-state index contributed by atoms with van der Waals surface area (Å²) >= 11 is 0. The van der Waals surface area contributed by atoms with Crippen LogP contribution in [0.3, 0.4) is 0 Å². The Bertz CT molecular complexity index is 442. The Kier molecular flexibility index (Phi) is 3.33. The van der Waals surface area contributed by atoms with Crippen molar-refractivity contribution in [2.24, 2.45) is 0 Å². The number of nitrogens with one attached hydrogen (secondary N) is 2. The van der Waals surface area contributed by atoms with Crippen LogP contribution in [-0.4, -0.2) is 16.5 Å². The first kappa shape index (κ1) is 10.4. The predicted molar refractivity (Wildman–Crippen MR) is 65.9 cm³/mol. The second-order valence-electron chi connectivity index (χ2n) is 3.31. The van der Waals surface area contributed by atoms with Gasteiger partial charge in [0.05, 0.1) is 11.9 Å². The molecule has 0 bridgehead atoms. The van der Waals surface area contributed by atoms with Gasteiger partial charge in [-0.1, -0.05) is 18.2 Å². The largest absolute Gasteiger partial charge is 0.381 e. The summed E-state index contributed by atoms with van der Waals surface area (Å²) in [6.45, 7) is 2.89. The standard InChI is InChI=1S/C12H14N4/c1-2-14-11-8-13-9-15-12(11)16-10-6-4-3-5-7-10/h3-9,14H,2H2,1H3,(H,13,15,16). The zero-order valence-corrected chi connectivity index (χ0v) is 9.14. The second kappa shape index (κ2) is 5.11. The van der Waals surface area contributed by atoms with E-state index in [1.165, 1.54) is 6.33 Å². The first-order chi connectivity index (χ1) is 7.90. The third kappa shape index (κ3) is 2.48. The molecular weight excluding hydrogens is 200 g/mol. The lowest BCUT2D eigenvalue weighted by Gasteiger charge is -2.10. The summed E-state index contributed by atoms with van der Waals surface area (Å²) in [4.78, 5) is 8.20. The van der Waals surface area contributed by atoms with Gasteiger partial charge in [-0.3, -0.25) is 0 Å². The number of para-hydroxylation sites is 1. The normalized spacial score (nSPS) is 9.81. The van der Waals surface area contributed by atoms with Crippen molar-refractivity contribution in [3.05, 3.63) is 42.9 Å². The monoisotopic (exact) mass is 214 g/mol. The van der Waals surface area contributed by atoms with Gasteiger partial charge in [0.15, 0.2) is 5.82 Å². The summed E-state index contributed by atoms with van der Waals surface area (Å²) in [5, 5.41) is 6.45. The highest BCUT2D eigenvalue weighted by atomic mass is 15.1. The molecule has 0 radical (unpaired) electrons. The molecule has 4 heteroatoms. The fourth-order valence-electron chi connectivity index (χ4n) is 1.41. The van der Waals surface area contributed by atoms with E-state index >= 15 is 0 Å². The highest BCUT2D eigenvalue weighted by molar-refractivity contribution is 5.69. The zero-order valence-electron chi connectivity index (χ0n) is 9.14. The van der Waals surface area contributed by atoms with E-state index in [4.69, 9.17) is 0 Å². The van der Waals surface area contributed by atoms with Crippen molar-refractivity contribution in [3.63, 3.8) is 0 Å². The van der Waals surface area contributed by atoms with Crippen molar-refractivity contribution in [1.82, 2.24) is 9.97 Å². The van der Waals surface area contributed by atoms with Gasteiger partial charge >= 0.3 is 0 Å². The van der Waals surface area contributed by atoms with Crippen LogP contribution in [0.1, 0.15) is 6.92 Å². The second-order valence-corrected chi connectivity index (χ2v) is 3.31. The first-order valence-electron chi connectivity index (χ1n) is 5.26. The summed E-state index contributed by atoms with van der Waals surface area (Å²) in [7, 11) is 0. The van der Waals surface area contributed by atoms with E-state index in [9.17, 15) is 0 Å². The molecule has 0 aliphatic heterocycles. The number of nitrogens with zero attached hydrogens (tertiary/aromatic N) is 2. The fraction of sp³-hybridized carbons (Fsp3) is 0.167. The molecular formula is C12H14N4. The average Bonchev–Trinajstić information content (AvgIpc) is 2.33. The lowest BCUT2D eigenvalue weighted by Crippen LogP contribution is -2.03. The van der Waals surface area contributed by atoms with Crippen LogP contribution in [0.5, 0.6) is 0 Å². The van der Waals surface area contributed by atoms with Crippen molar-refractivity contribution in [1.29, 1.82) is 0 Å². The van der Waals surface area contributed by atoms with Crippen molar-refractivity contribution in [2.45, 2.75) is 6.92 Å². The van der Waals surface area contributed by atoms with Gasteiger partial charge in [-0.05, 0) is 19.1 Å². The van der Waals surface area contributed by atoms with Crippen LogP contribution in [0.15, 0.2) is 42.9 Å². The van der Waals surface area contributed by atoms with E-state index < -0.39 is 0 Å². The number of aromatic nitrogens is 2. The average molecular weight is 214 g/mol. The molecule has 1 heterocycles. The maximum absolute atomic E-state index is 4.21. The SMILES string of the molecule is CCNc1cncnc1Nc1ccccc1. The Balaban J connectivity index is 2.21. The molecule has 1 aromatic carbocycles. The van der Waals surface area contributed by atoms with Crippen molar-refractivity contribution in [2.75, 3.05) is 17.2 Å². The highest BCUT2D eigenvalue weighted by Gasteiger charge is 2.02. The Hall–Kier alpha value is -2.10. The Morgan fingerprint density at radius 2 is 2.00 bits per heavy atom. The van der Waals surface area contributed by atoms with Crippen LogP contribution < -0.4 is 10.6 Å². The quantitative estimate of drug-likeness (QED) is 0.821. The number of anilines is 3. The van der Waals surface area contributed by atoms with E-state index in [2.05, 4.69) is 20.6 Å². The first-order valence-corrected chi connectivity index (χ1v) is 5.26. The van der Waals surface area contributed by atoms with Crippen LogP contribution in [0.2, 0.25) is 0 Å². The molecule has 2 N–H and O–H groups in total. The molecule has 4 nitrogen and oxygen atoms in total. The van der Waals surface area contributed by atoms with E-state index in [0.29, 0.717) is 0 Å². The molecule has 82 valence electrons. The summed E-state index contributed by atoms with van der Waals surface area (Å²) in [5.41, 5.74) is 1.93. The highest BCUT2D eigenvalue weighted by Crippen LogP contribution is 2.20. The number of hydrogen-bond donors (Lipinski definition) is 2. The van der Waals surface area contributed by atoms with Gasteiger partial charge in [0.2, 0.25) is 0 Å². The minimum Gasteiger partial charge on any atom is -0.381 e. The minimum absolute atomic E-state index is 0.794.